The van der Waals surface area contributed by atoms with Gasteiger partial charge < -0.3 is 4.90 Å². The molecule has 2 aromatic carbocycles. The van der Waals surface area contributed by atoms with E-state index in [2.05, 4.69) is 15.2 Å². The van der Waals surface area contributed by atoms with Gasteiger partial charge in [-0.05, 0) is 56.0 Å². The molecular formula is C27H30FN5O2. The molecule has 1 amide bonds. The number of amides is 1. The van der Waals surface area contributed by atoms with E-state index in [1.54, 1.807) is 24.1 Å². The fraction of sp³-hybridized carbons (Fsp3) is 0.333. The molecular weight excluding hydrogens is 445 g/mol. The molecule has 8 heteroatoms. The molecule has 2 heterocycles. The first-order valence-corrected chi connectivity index (χ1v) is 11.9. The van der Waals surface area contributed by atoms with Crippen LogP contribution in [-0.4, -0.2) is 44.1 Å². The molecule has 0 spiro atoms. The highest BCUT2D eigenvalue weighted by Gasteiger charge is 2.11. The van der Waals surface area contributed by atoms with Gasteiger partial charge in [-0.3, -0.25) is 19.3 Å². The number of carbonyl (C=O) groups excluding carboxylic acids is 1. The molecule has 0 bridgehead atoms. The van der Waals surface area contributed by atoms with Crippen LogP contribution in [-0.2, 0) is 17.8 Å². The molecule has 1 N–H and O–H groups in total. The summed E-state index contributed by atoms with van der Waals surface area (Å²) in [6.45, 7) is 2.91. The number of para-hydroxylation sites is 1. The van der Waals surface area contributed by atoms with Crippen LogP contribution in [0.4, 0.5) is 4.39 Å². The Morgan fingerprint density at radius 3 is 2.77 bits per heavy atom. The summed E-state index contributed by atoms with van der Waals surface area (Å²) < 4.78 is 14.9. The number of rotatable bonds is 10. The molecule has 2 aromatic heterocycles. The van der Waals surface area contributed by atoms with Gasteiger partial charge in [-0.25, -0.2) is 9.37 Å². The highest BCUT2D eigenvalue weighted by molar-refractivity contribution is 5.80. The van der Waals surface area contributed by atoms with Gasteiger partial charge in [0.1, 0.15) is 5.82 Å². The van der Waals surface area contributed by atoms with E-state index in [0.29, 0.717) is 24.0 Å². The molecule has 0 unspecified atom stereocenters. The van der Waals surface area contributed by atoms with E-state index in [4.69, 9.17) is 0 Å². The minimum atomic E-state index is -0.276. The molecule has 0 fully saturated rings. The van der Waals surface area contributed by atoms with Crippen molar-refractivity contribution in [2.75, 3.05) is 13.6 Å². The fourth-order valence-corrected chi connectivity index (χ4v) is 4.15. The maximum atomic E-state index is 13.4. The maximum absolute atomic E-state index is 13.4. The van der Waals surface area contributed by atoms with Crippen LogP contribution in [0.2, 0.25) is 0 Å². The third kappa shape index (κ3) is 6.01. The molecule has 0 aliphatic heterocycles. The second-order valence-electron chi connectivity index (χ2n) is 8.88. The van der Waals surface area contributed by atoms with Gasteiger partial charge in [0.25, 0.3) is 5.56 Å². The van der Waals surface area contributed by atoms with Crippen LogP contribution in [0.15, 0.2) is 59.7 Å². The van der Waals surface area contributed by atoms with Crippen LogP contribution in [0.3, 0.4) is 0 Å². The lowest BCUT2D eigenvalue weighted by Crippen LogP contribution is -2.30. The largest absolute Gasteiger partial charge is 0.346 e. The third-order valence-electron chi connectivity index (χ3n) is 6.24. The third-order valence-corrected chi connectivity index (χ3v) is 6.24. The van der Waals surface area contributed by atoms with Gasteiger partial charge in [-0.2, -0.15) is 5.10 Å². The van der Waals surface area contributed by atoms with E-state index in [-0.39, 0.29) is 23.7 Å². The van der Waals surface area contributed by atoms with Crippen LogP contribution in [0.25, 0.3) is 22.2 Å². The number of unbranched alkanes of at least 4 members (excludes halogenated alkanes) is 2. The van der Waals surface area contributed by atoms with Crippen LogP contribution in [0.1, 0.15) is 36.9 Å². The average Bonchev–Trinajstić information content (AvgIpc) is 3.32. The van der Waals surface area contributed by atoms with Crippen molar-refractivity contribution in [2.45, 2.75) is 45.6 Å². The summed E-state index contributed by atoms with van der Waals surface area (Å²) in [5.74, 6) is -0.267. The van der Waals surface area contributed by atoms with E-state index in [1.165, 1.54) is 23.0 Å². The van der Waals surface area contributed by atoms with Crippen molar-refractivity contribution in [3.8, 4) is 11.3 Å². The highest BCUT2D eigenvalue weighted by Crippen LogP contribution is 2.19. The number of nitrogens with one attached hydrogen (secondary N) is 1. The first-order chi connectivity index (χ1) is 16.9. The topological polar surface area (TPSA) is 83.9 Å². The van der Waals surface area contributed by atoms with Crippen LogP contribution < -0.4 is 5.56 Å². The predicted octanol–water partition coefficient (Wildman–Crippen LogP) is 4.50. The zero-order valence-corrected chi connectivity index (χ0v) is 20.1. The Hall–Kier alpha value is -3.81. The molecule has 0 saturated heterocycles. The lowest BCUT2D eigenvalue weighted by molar-refractivity contribution is -0.130. The Balaban J connectivity index is 1.19. The smallest absolute Gasteiger partial charge is 0.261 e. The van der Waals surface area contributed by atoms with Crippen molar-refractivity contribution in [2.24, 2.45) is 0 Å². The van der Waals surface area contributed by atoms with Gasteiger partial charge in [0, 0.05) is 37.8 Å². The number of halogens is 1. The lowest BCUT2D eigenvalue weighted by atomic mass is 10.1. The van der Waals surface area contributed by atoms with Gasteiger partial charge in [0.2, 0.25) is 5.91 Å². The second kappa shape index (κ2) is 11.1. The minimum Gasteiger partial charge on any atom is -0.346 e. The number of nitrogens with zero attached hydrogens (tertiary/aromatic N) is 4. The number of H-pyrrole nitrogens is 1. The second-order valence-corrected chi connectivity index (χ2v) is 8.88. The fourth-order valence-electron chi connectivity index (χ4n) is 4.15. The lowest BCUT2D eigenvalue weighted by Gasteiger charge is -2.17. The van der Waals surface area contributed by atoms with Gasteiger partial charge in [-0.1, -0.05) is 30.7 Å². The molecule has 7 nitrogen and oxygen atoms in total. The number of benzene rings is 2. The van der Waals surface area contributed by atoms with Gasteiger partial charge in [0.05, 0.1) is 22.9 Å². The van der Waals surface area contributed by atoms with Crippen molar-refractivity contribution < 1.29 is 9.18 Å². The van der Waals surface area contributed by atoms with Crippen molar-refractivity contribution in [3.05, 3.63) is 82.3 Å². The molecule has 0 aliphatic rings. The van der Waals surface area contributed by atoms with Crippen molar-refractivity contribution in [1.82, 2.24) is 24.6 Å². The van der Waals surface area contributed by atoms with E-state index >= 15 is 0 Å². The summed E-state index contributed by atoms with van der Waals surface area (Å²) in [6.07, 6.45) is 5.46. The zero-order valence-electron chi connectivity index (χ0n) is 20.1. The first-order valence-electron chi connectivity index (χ1n) is 11.9. The van der Waals surface area contributed by atoms with Gasteiger partial charge >= 0.3 is 0 Å². The van der Waals surface area contributed by atoms with Crippen LogP contribution in [0, 0.1) is 12.7 Å². The summed E-state index contributed by atoms with van der Waals surface area (Å²) in [5, 5.41) is 7.88. The molecule has 4 rings (SSSR count). The number of aryl methyl sites for hydroxylation is 3. The van der Waals surface area contributed by atoms with E-state index < -0.39 is 0 Å². The van der Waals surface area contributed by atoms with Gasteiger partial charge in [-0.15, -0.1) is 0 Å². The van der Waals surface area contributed by atoms with Crippen molar-refractivity contribution >= 4 is 16.8 Å². The summed E-state index contributed by atoms with van der Waals surface area (Å²) in [5.41, 5.74) is 4.05. The standard InChI is InChI=1S/C27H30FN5O2/c1-19-8-6-12-23-26(19)29-18-33(27(23)35)15-13-25(34)32(2)14-5-3-4-11-22-17-24(31-30-22)20-9-7-10-21(28)16-20/h6-10,12,16-18H,3-5,11,13-15H2,1-2H3,(H,30,31). The molecule has 35 heavy (non-hydrogen) atoms. The minimum absolute atomic E-state index is 0.00884. The number of hydrogen-bond acceptors (Lipinski definition) is 4. The van der Waals surface area contributed by atoms with E-state index in [9.17, 15) is 14.0 Å². The summed E-state index contributed by atoms with van der Waals surface area (Å²) >= 11 is 0. The molecule has 0 saturated carbocycles. The Bertz CT molecular complexity index is 1380. The summed E-state index contributed by atoms with van der Waals surface area (Å²) in [4.78, 5) is 31.4. The summed E-state index contributed by atoms with van der Waals surface area (Å²) in [6, 6.07) is 13.9. The zero-order chi connectivity index (χ0) is 24.8. The quantitative estimate of drug-likeness (QED) is 0.343. The maximum Gasteiger partial charge on any atom is 0.261 e. The molecule has 4 aromatic rings. The predicted molar refractivity (Wildman–Crippen MR) is 135 cm³/mol. The number of carbonyl (C=O) groups is 1. The number of fused-ring (bicyclic) bond motifs is 1. The number of hydrogen-bond donors (Lipinski definition) is 1. The highest BCUT2D eigenvalue weighted by atomic mass is 19.1. The van der Waals surface area contributed by atoms with Crippen LogP contribution >= 0.6 is 0 Å². The average molecular weight is 476 g/mol. The Kier molecular flexibility index (Phi) is 7.70. The molecule has 0 radical (unpaired) electrons. The number of aromatic nitrogens is 4. The van der Waals surface area contributed by atoms with Crippen molar-refractivity contribution in [3.63, 3.8) is 0 Å². The molecule has 0 aliphatic carbocycles. The Morgan fingerprint density at radius 2 is 1.94 bits per heavy atom. The monoisotopic (exact) mass is 475 g/mol. The van der Waals surface area contributed by atoms with E-state index in [0.717, 1.165) is 48.2 Å². The normalized spacial score (nSPS) is 11.2. The van der Waals surface area contributed by atoms with Crippen LogP contribution in [0.5, 0.6) is 0 Å². The van der Waals surface area contributed by atoms with Gasteiger partial charge in [0.15, 0.2) is 0 Å². The number of aromatic amines is 1. The SMILES string of the molecule is Cc1cccc2c(=O)n(CCC(=O)N(C)CCCCCc3cc(-c4cccc(F)c4)n[nH]3)cnc12. The Morgan fingerprint density at radius 1 is 1.11 bits per heavy atom. The van der Waals surface area contributed by atoms with Crippen molar-refractivity contribution in [1.29, 1.82) is 0 Å². The molecule has 0 atom stereocenters. The molecule has 182 valence electrons. The first kappa shape index (κ1) is 24.3. The summed E-state index contributed by atoms with van der Waals surface area (Å²) in [7, 11) is 1.80. The van der Waals surface area contributed by atoms with E-state index in [1.807, 2.05) is 31.2 Å². The Labute approximate surface area is 203 Å².